The highest BCUT2D eigenvalue weighted by atomic mass is 79.9. The molecule has 3 fully saturated rings. The molecule has 0 radical (unpaired) electrons. The number of carbonyl (C=O) groups excluding carboxylic acids is 1. The third kappa shape index (κ3) is 1.41. The number of rotatable bonds is 2. The average molecular weight is 337 g/mol. The normalized spacial score (nSPS) is 37.4. The summed E-state index contributed by atoms with van der Waals surface area (Å²) in [4.78, 5) is 17.5. The van der Waals surface area contributed by atoms with E-state index in [9.17, 15) is 4.79 Å². The molecule has 1 aromatic rings. The molecule has 1 aromatic heterocycles. The summed E-state index contributed by atoms with van der Waals surface area (Å²) in [5, 5.41) is 3.03. The summed E-state index contributed by atoms with van der Waals surface area (Å²) < 4.78 is 0. The van der Waals surface area contributed by atoms with Crippen molar-refractivity contribution in [3.8, 4) is 0 Å². The molecule has 1 N–H and O–H groups in total. The molecule has 108 valence electrons. The minimum atomic E-state index is -0.312. The van der Waals surface area contributed by atoms with E-state index in [0.29, 0.717) is 5.82 Å². The molecule has 1 amide bonds. The number of aromatic nitrogens is 1. The van der Waals surface area contributed by atoms with Crippen molar-refractivity contribution in [3.05, 3.63) is 23.9 Å². The Morgan fingerprint density at radius 1 is 1.35 bits per heavy atom. The monoisotopic (exact) mass is 336 g/mol. The van der Waals surface area contributed by atoms with E-state index < -0.39 is 0 Å². The summed E-state index contributed by atoms with van der Waals surface area (Å²) in [5.74, 6) is 0.762. The van der Waals surface area contributed by atoms with Gasteiger partial charge in [0, 0.05) is 10.5 Å². The molecule has 3 atom stereocenters. The third-order valence-corrected chi connectivity index (χ3v) is 7.90. The van der Waals surface area contributed by atoms with Gasteiger partial charge in [-0.15, -0.1) is 0 Å². The fourth-order valence-corrected chi connectivity index (χ4v) is 6.11. The van der Waals surface area contributed by atoms with Crippen LogP contribution in [-0.2, 0) is 4.79 Å². The van der Waals surface area contributed by atoms with Gasteiger partial charge in [0.2, 0.25) is 5.91 Å². The van der Waals surface area contributed by atoms with Crippen LogP contribution in [0, 0.1) is 23.2 Å². The summed E-state index contributed by atoms with van der Waals surface area (Å²) >= 11 is 3.79. The van der Waals surface area contributed by atoms with Crippen LogP contribution in [0.25, 0.3) is 0 Å². The van der Waals surface area contributed by atoms with Crippen LogP contribution >= 0.6 is 15.9 Å². The van der Waals surface area contributed by atoms with Crippen LogP contribution in [0.3, 0.4) is 0 Å². The molecule has 3 unspecified atom stereocenters. The molecule has 3 saturated carbocycles. The third-order valence-electron chi connectivity index (χ3n) is 6.11. The predicted molar refractivity (Wildman–Crippen MR) is 83.9 cm³/mol. The first-order valence-corrected chi connectivity index (χ1v) is 8.06. The number of fused-ring (bicyclic) bond motifs is 1. The van der Waals surface area contributed by atoms with Crippen molar-refractivity contribution in [3.63, 3.8) is 0 Å². The Bertz CT molecular complexity index is 586. The maximum absolute atomic E-state index is 12.9. The molecule has 0 aliphatic heterocycles. The summed E-state index contributed by atoms with van der Waals surface area (Å²) in [6.45, 7) is 8.67. The number of nitrogens with zero attached hydrogens (tertiary/aromatic N) is 1. The number of nitrogens with one attached hydrogen (secondary N) is 1. The van der Waals surface area contributed by atoms with Gasteiger partial charge in [-0.1, -0.05) is 42.8 Å². The predicted octanol–water partition coefficient (Wildman–Crippen LogP) is 3.92. The van der Waals surface area contributed by atoms with Gasteiger partial charge in [-0.05, 0) is 42.7 Å². The van der Waals surface area contributed by atoms with E-state index in [1.807, 2.05) is 25.1 Å². The zero-order valence-corrected chi connectivity index (χ0v) is 14.0. The Morgan fingerprint density at radius 2 is 2.05 bits per heavy atom. The molecule has 0 saturated heterocycles. The Balaban J connectivity index is 1.89. The van der Waals surface area contributed by atoms with E-state index in [-0.39, 0.29) is 27.0 Å². The maximum atomic E-state index is 12.9. The molecule has 1 heterocycles. The van der Waals surface area contributed by atoms with E-state index in [2.05, 4.69) is 47.0 Å². The molecular weight excluding hydrogens is 316 g/mol. The highest BCUT2D eigenvalue weighted by Gasteiger charge is 2.80. The number of alkyl halides is 1. The van der Waals surface area contributed by atoms with E-state index >= 15 is 0 Å². The van der Waals surface area contributed by atoms with Crippen molar-refractivity contribution >= 4 is 27.7 Å². The number of hydrogen-bond donors (Lipinski definition) is 1. The molecule has 3 aliphatic carbocycles. The Morgan fingerprint density at radius 3 is 2.55 bits per heavy atom. The summed E-state index contributed by atoms with van der Waals surface area (Å²) in [7, 11) is 0. The average Bonchev–Trinajstić information content (AvgIpc) is 2.77. The molecule has 20 heavy (non-hydrogen) atoms. The SMILES string of the molecule is Cc1cccc(NC(=O)C23CCC(C)(C2Br)C3(C)C)n1. The lowest BCUT2D eigenvalue weighted by atomic mass is 9.43. The first kappa shape index (κ1) is 14.1. The summed E-state index contributed by atoms with van der Waals surface area (Å²) in [5.41, 5.74) is 0.833. The number of hydrogen-bond acceptors (Lipinski definition) is 2. The van der Waals surface area contributed by atoms with Gasteiger partial charge in [0.1, 0.15) is 5.82 Å². The molecule has 0 spiro atoms. The minimum Gasteiger partial charge on any atom is -0.310 e. The van der Waals surface area contributed by atoms with Crippen LogP contribution in [-0.4, -0.2) is 15.7 Å². The van der Waals surface area contributed by atoms with Crippen LogP contribution in [0.5, 0.6) is 0 Å². The van der Waals surface area contributed by atoms with Crippen molar-refractivity contribution in [1.82, 2.24) is 4.98 Å². The van der Waals surface area contributed by atoms with Crippen molar-refractivity contribution < 1.29 is 4.79 Å². The largest absolute Gasteiger partial charge is 0.310 e. The van der Waals surface area contributed by atoms with Crippen molar-refractivity contribution in [2.75, 3.05) is 5.32 Å². The Labute approximate surface area is 128 Å². The molecular formula is C16H21BrN2O. The zero-order chi connectivity index (χ0) is 14.8. The molecule has 4 heteroatoms. The topological polar surface area (TPSA) is 42.0 Å². The first-order valence-electron chi connectivity index (χ1n) is 7.15. The second-order valence-electron chi connectivity index (χ2n) is 6.99. The van der Waals surface area contributed by atoms with Gasteiger partial charge in [0.15, 0.2) is 0 Å². The standard InChI is InChI=1S/C16H21BrN2O/c1-10-6-5-7-11(18-10)19-13(20)16-9-8-15(4,12(16)17)14(16,2)3/h5-7,12H,8-9H2,1-4H3,(H,18,19,20). The van der Waals surface area contributed by atoms with Gasteiger partial charge in [-0.25, -0.2) is 4.98 Å². The zero-order valence-electron chi connectivity index (χ0n) is 12.5. The van der Waals surface area contributed by atoms with Gasteiger partial charge >= 0.3 is 0 Å². The summed E-state index contributed by atoms with van der Waals surface area (Å²) in [6.07, 6.45) is 2.05. The van der Waals surface area contributed by atoms with E-state index in [1.54, 1.807) is 0 Å². The summed E-state index contributed by atoms with van der Waals surface area (Å²) in [6, 6.07) is 5.71. The minimum absolute atomic E-state index is 0.0159. The van der Waals surface area contributed by atoms with Crippen molar-refractivity contribution in [2.45, 2.75) is 45.4 Å². The van der Waals surface area contributed by atoms with Crippen molar-refractivity contribution in [1.29, 1.82) is 0 Å². The first-order chi connectivity index (χ1) is 9.25. The Hall–Kier alpha value is -0.900. The second-order valence-corrected chi connectivity index (χ2v) is 7.91. The lowest BCUT2D eigenvalue weighted by molar-refractivity contribution is -0.156. The van der Waals surface area contributed by atoms with Crippen LogP contribution in [0.15, 0.2) is 18.2 Å². The maximum Gasteiger partial charge on any atom is 0.233 e. The van der Waals surface area contributed by atoms with Gasteiger partial charge in [0.05, 0.1) is 5.41 Å². The fraction of sp³-hybridized carbons (Fsp3) is 0.625. The lowest BCUT2D eigenvalue weighted by Gasteiger charge is -2.64. The van der Waals surface area contributed by atoms with Gasteiger partial charge in [0.25, 0.3) is 0 Å². The van der Waals surface area contributed by atoms with Gasteiger partial charge in [-0.3, -0.25) is 4.79 Å². The smallest absolute Gasteiger partial charge is 0.233 e. The quantitative estimate of drug-likeness (QED) is 0.831. The lowest BCUT2D eigenvalue weighted by Crippen LogP contribution is -2.68. The number of aryl methyl sites for hydroxylation is 1. The van der Waals surface area contributed by atoms with E-state index in [0.717, 1.165) is 18.5 Å². The second kappa shape index (κ2) is 4.06. The molecule has 0 aromatic carbocycles. The van der Waals surface area contributed by atoms with E-state index in [4.69, 9.17) is 0 Å². The molecule has 3 nitrogen and oxygen atoms in total. The molecule has 2 bridgehead atoms. The van der Waals surface area contributed by atoms with Gasteiger partial charge in [-0.2, -0.15) is 0 Å². The number of pyridine rings is 1. The number of amides is 1. The van der Waals surface area contributed by atoms with E-state index in [1.165, 1.54) is 0 Å². The number of halogens is 1. The fourth-order valence-electron chi connectivity index (χ4n) is 4.30. The van der Waals surface area contributed by atoms with Crippen LogP contribution in [0.4, 0.5) is 5.82 Å². The Kier molecular flexibility index (Phi) is 2.85. The van der Waals surface area contributed by atoms with Gasteiger partial charge < -0.3 is 5.32 Å². The van der Waals surface area contributed by atoms with Crippen LogP contribution < -0.4 is 5.32 Å². The molecule has 4 rings (SSSR count). The van der Waals surface area contributed by atoms with Crippen molar-refractivity contribution in [2.24, 2.45) is 16.2 Å². The highest BCUT2D eigenvalue weighted by Crippen LogP contribution is 2.79. The van der Waals surface area contributed by atoms with Crippen LogP contribution in [0.2, 0.25) is 0 Å². The number of anilines is 1. The molecule has 3 aliphatic rings. The number of carbonyl (C=O) groups is 1. The van der Waals surface area contributed by atoms with Crippen LogP contribution in [0.1, 0.15) is 39.3 Å². The highest BCUT2D eigenvalue weighted by molar-refractivity contribution is 9.09.